The molecule has 4 nitrogen and oxygen atoms in total. The second-order valence-corrected chi connectivity index (χ2v) is 7.97. The molecular weight excluding hydrogens is 396 g/mol. The predicted molar refractivity (Wildman–Crippen MR) is 120 cm³/mol. The molecule has 2 N–H and O–H groups in total. The van der Waals surface area contributed by atoms with Crippen LogP contribution in [0.15, 0.2) is 72.8 Å². The summed E-state index contributed by atoms with van der Waals surface area (Å²) in [7, 11) is 0. The number of amides is 1. The van der Waals surface area contributed by atoms with Gasteiger partial charge in [0, 0.05) is 40.2 Å². The maximum absolute atomic E-state index is 13.3. The minimum Gasteiger partial charge on any atom is -0.396 e. The molecule has 0 spiro atoms. The Morgan fingerprint density at radius 2 is 1.70 bits per heavy atom. The van der Waals surface area contributed by atoms with E-state index < -0.39 is 0 Å². The number of halogens is 1. The molecule has 1 amide bonds. The number of nitrogens with zero attached hydrogens (tertiary/aromatic N) is 1. The predicted octanol–water partition coefficient (Wildman–Crippen LogP) is 5.42. The van der Waals surface area contributed by atoms with E-state index in [1.165, 1.54) is 0 Å². The van der Waals surface area contributed by atoms with Crippen molar-refractivity contribution in [3.8, 4) is 11.3 Å². The van der Waals surface area contributed by atoms with Gasteiger partial charge in [0.25, 0.3) is 5.91 Å². The lowest BCUT2D eigenvalue weighted by Gasteiger charge is -2.26. The molecule has 1 aromatic heterocycles. The third-order valence-corrected chi connectivity index (χ3v) is 6.02. The molecule has 0 aliphatic carbocycles. The van der Waals surface area contributed by atoms with E-state index in [1.807, 2.05) is 65.6 Å². The monoisotopic (exact) mass is 416 g/mol. The number of nitrogens with one attached hydrogen (secondary N) is 1. The number of carbonyl (C=O) groups excluding carboxylic acids is 1. The van der Waals surface area contributed by atoms with Gasteiger partial charge in [0.1, 0.15) is 0 Å². The normalized spacial score (nSPS) is 15.7. The van der Waals surface area contributed by atoms with E-state index in [2.05, 4.69) is 17.1 Å². The smallest absolute Gasteiger partial charge is 0.255 e. The molecule has 150 valence electrons. The maximum Gasteiger partial charge on any atom is 0.255 e. The Morgan fingerprint density at radius 3 is 2.50 bits per heavy atom. The number of hydrogen-bond acceptors (Lipinski definition) is 2. The molecule has 0 saturated heterocycles. The summed E-state index contributed by atoms with van der Waals surface area (Å²) < 4.78 is 0. The molecule has 0 fully saturated rings. The van der Waals surface area contributed by atoms with Crippen LogP contribution in [0.1, 0.15) is 33.9 Å². The number of aromatic nitrogens is 1. The van der Waals surface area contributed by atoms with E-state index in [0.29, 0.717) is 18.0 Å². The molecule has 0 bridgehead atoms. The van der Waals surface area contributed by atoms with E-state index >= 15 is 0 Å². The highest BCUT2D eigenvalue weighted by molar-refractivity contribution is 6.30. The average molecular weight is 417 g/mol. The van der Waals surface area contributed by atoms with E-state index in [-0.39, 0.29) is 18.6 Å². The van der Waals surface area contributed by atoms with Crippen molar-refractivity contribution in [2.75, 3.05) is 13.2 Å². The van der Waals surface area contributed by atoms with Crippen LogP contribution < -0.4 is 0 Å². The van der Waals surface area contributed by atoms with Crippen LogP contribution in [0.5, 0.6) is 0 Å². The molecule has 0 saturated carbocycles. The van der Waals surface area contributed by atoms with Gasteiger partial charge in [-0.1, -0.05) is 60.1 Å². The van der Waals surface area contributed by atoms with Gasteiger partial charge in [0.05, 0.1) is 11.7 Å². The molecule has 30 heavy (non-hydrogen) atoms. The number of H-pyrrole nitrogens is 1. The number of aliphatic hydroxyl groups is 1. The van der Waals surface area contributed by atoms with Gasteiger partial charge in [-0.3, -0.25) is 4.79 Å². The zero-order chi connectivity index (χ0) is 20.7. The highest BCUT2D eigenvalue weighted by Crippen LogP contribution is 2.45. The van der Waals surface area contributed by atoms with Crippen LogP contribution in [0, 0.1) is 0 Å². The number of aliphatic hydroxyl groups excluding tert-OH is 1. The molecule has 1 atom stereocenters. The third kappa shape index (κ3) is 3.00. The number of rotatable bonds is 5. The molecule has 2 heterocycles. The highest BCUT2D eigenvalue weighted by atomic mass is 35.5. The number of aromatic amines is 1. The van der Waals surface area contributed by atoms with Gasteiger partial charge in [-0.25, -0.2) is 0 Å². The summed E-state index contributed by atoms with van der Waals surface area (Å²) in [6, 6.07) is 23.5. The molecule has 0 radical (unpaired) electrons. The molecule has 1 aliphatic heterocycles. The Bertz CT molecular complexity index is 1230. The van der Waals surface area contributed by atoms with E-state index in [1.54, 1.807) is 0 Å². The summed E-state index contributed by atoms with van der Waals surface area (Å²) in [5.41, 5.74) is 5.83. The van der Waals surface area contributed by atoms with Crippen LogP contribution >= 0.6 is 11.6 Å². The maximum atomic E-state index is 13.3. The largest absolute Gasteiger partial charge is 0.396 e. The van der Waals surface area contributed by atoms with Crippen molar-refractivity contribution < 1.29 is 9.90 Å². The van der Waals surface area contributed by atoms with Gasteiger partial charge in [-0.15, -0.1) is 0 Å². The minimum atomic E-state index is -0.220. The quantitative estimate of drug-likeness (QED) is 0.456. The summed E-state index contributed by atoms with van der Waals surface area (Å²) in [5.74, 6) is 0.0105. The van der Waals surface area contributed by atoms with Crippen LogP contribution in [0.3, 0.4) is 0 Å². The topological polar surface area (TPSA) is 56.3 Å². The lowest BCUT2D eigenvalue weighted by atomic mass is 9.93. The second-order valence-electron chi connectivity index (χ2n) is 7.53. The standard InChI is InChI=1S/C25H21ClN2O2/c26-17-12-10-16(11-13-17)23-22(20-8-3-4-9-21(20)27-23)24-18-6-1-2-7-19(18)25(30)28(24)14-5-15-29/h1-4,6-13,24,27,29H,5,14-15H2/t24-/m1/s1. The number of benzene rings is 3. The average Bonchev–Trinajstić information content (AvgIpc) is 3.28. The van der Waals surface area contributed by atoms with E-state index in [4.69, 9.17) is 11.6 Å². The Morgan fingerprint density at radius 1 is 0.967 bits per heavy atom. The molecule has 0 unspecified atom stereocenters. The first-order valence-electron chi connectivity index (χ1n) is 10.1. The first-order chi connectivity index (χ1) is 14.7. The number of hydrogen-bond donors (Lipinski definition) is 2. The van der Waals surface area contributed by atoms with E-state index in [9.17, 15) is 9.90 Å². The van der Waals surface area contributed by atoms with Gasteiger partial charge in [0.15, 0.2) is 0 Å². The highest BCUT2D eigenvalue weighted by Gasteiger charge is 2.39. The van der Waals surface area contributed by atoms with Crippen LogP contribution in [0.25, 0.3) is 22.2 Å². The van der Waals surface area contributed by atoms with Gasteiger partial charge in [-0.2, -0.15) is 0 Å². The molecule has 5 heteroatoms. The summed E-state index contributed by atoms with van der Waals surface area (Å²) >= 11 is 6.12. The number of fused-ring (bicyclic) bond motifs is 2. The molecule has 1 aliphatic rings. The Kier molecular flexibility index (Phi) is 4.81. The number of carbonyl (C=O) groups is 1. The Labute approximate surface area is 179 Å². The fourth-order valence-corrected chi connectivity index (χ4v) is 4.57. The van der Waals surface area contributed by atoms with Gasteiger partial charge >= 0.3 is 0 Å². The minimum absolute atomic E-state index is 0.0105. The van der Waals surface area contributed by atoms with Crippen molar-refractivity contribution >= 4 is 28.4 Å². The van der Waals surface area contributed by atoms with Crippen molar-refractivity contribution in [1.29, 1.82) is 0 Å². The van der Waals surface area contributed by atoms with Crippen molar-refractivity contribution in [3.05, 3.63) is 94.5 Å². The Balaban J connectivity index is 1.77. The summed E-state index contributed by atoms with van der Waals surface area (Å²) in [6.07, 6.45) is 0.537. The van der Waals surface area contributed by atoms with E-state index in [0.717, 1.165) is 38.9 Å². The zero-order valence-electron chi connectivity index (χ0n) is 16.3. The molecule has 3 aromatic carbocycles. The van der Waals surface area contributed by atoms with Gasteiger partial charge in [-0.05, 0) is 41.8 Å². The molecular formula is C25H21ClN2O2. The molecule has 4 aromatic rings. The van der Waals surface area contributed by atoms with Gasteiger partial charge < -0.3 is 15.0 Å². The lowest BCUT2D eigenvalue weighted by molar-refractivity contribution is 0.0739. The Hall–Kier alpha value is -3.08. The van der Waals surface area contributed by atoms with Crippen molar-refractivity contribution in [1.82, 2.24) is 9.88 Å². The number of para-hydroxylation sites is 1. The van der Waals surface area contributed by atoms with Crippen LogP contribution in [-0.4, -0.2) is 34.0 Å². The summed E-state index contributed by atoms with van der Waals surface area (Å²) in [6.45, 7) is 0.541. The second kappa shape index (κ2) is 7.63. The summed E-state index contributed by atoms with van der Waals surface area (Å²) in [5, 5.41) is 11.2. The van der Waals surface area contributed by atoms with Crippen LogP contribution in [0.4, 0.5) is 0 Å². The third-order valence-electron chi connectivity index (χ3n) is 5.77. The van der Waals surface area contributed by atoms with Gasteiger partial charge in [0.2, 0.25) is 0 Å². The van der Waals surface area contributed by atoms with Crippen molar-refractivity contribution in [2.45, 2.75) is 12.5 Å². The van der Waals surface area contributed by atoms with Crippen molar-refractivity contribution in [3.63, 3.8) is 0 Å². The SMILES string of the molecule is O=C1c2ccccc2[C@H](c2c(-c3ccc(Cl)cc3)[nH]c3ccccc23)N1CCCO. The lowest BCUT2D eigenvalue weighted by Crippen LogP contribution is -2.30. The zero-order valence-corrected chi connectivity index (χ0v) is 17.1. The molecule has 5 rings (SSSR count). The van der Waals surface area contributed by atoms with Crippen LogP contribution in [-0.2, 0) is 0 Å². The first-order valence-corrected chi connectivity index (χ1v) is 10.4. The fraction of sp³-hybridized carbons (Fsp3) is 0.160. The van der Waals surface area contributed by atoms with Crippen molar-refractivity contribution in [2.24, 2.45) is 0 Å². The van der Waals surface area contributed by atoms with Crippen LogP contribution in [0.2, 0.25) is 5.02 Å². The fourth-order valence-electron chi connectivity index (χ4n) is 4.45. The first kappa shape index (κ1) is 18.9. The summed E-state index contributed by atoms with van der Waals surface area (Å²) in [4.78, 5) is 18.7.